The highest BCUT2D eigenvalue weighted by atomic mass is 32.1. The lowest BCUT2D eigenvalue weighted by Crippen LogP contribution is -2.53. The summed E-state index contributed by atoms with van der Waals surface area (Å²) in [5.74, 6) is 0.235. The summed E-state index contributed by atoms with van der Waals surface area (Å²) in [4.78, 5) is 17.6. The maximum Gasteiger partial charge on any atom is 0.227 e. The number of thiol groups is 1. The molecule has 4 heteroatoms. The lowest BCUT2D eigenvalue weighted by molar-refractivity contribution is -0.133. The van der Waals surface area contributed by atoms with Crippen LogP contribution in [0.5, 0.6) is 0 Å². The van der Waals surface area contributed by atoms with E-state index in [0.29, 0.717) is 12.5 Å². The number of nitrogens with zero attached hydrogens (tertiary/aromatic N) is 2. The van der Waals surface area contributed by atoms with Crippen molar-refractivity contribution in [3.63, 3.8) is 0 Å². The van der Waals surface area contributed by atoms with Gasteiger partial charge in [-0.1, -0.05) is 19.1 Å². The van der Waals surface area contributed by atoms with Crippen molar-refractivity contribution in [3.05, 3.63) is 29.8 Å². The molecule has 2 rings (SSSR count). The van der Waals surface area contributed by atoms with Gasteiger partial charge < -0.3 is 4.90 Å². The molecular formula is C15H22N2OS. The van der Waals surface area contributed by atoms with Crippen LogP contribution in [0.2, 0.25) is 0 Å². The molecule has 1 unspecified atom stereocenters. The summed E-state index contributed by atoms with van der Waals surface area (Å²) in [6.07, 6.45) is 1.59. The molecule has 0 bridgehead atoms. The highest BCUT2D eigenvalue weighted by Gasteiger charge is 2.25. The first-order valence-corrected chi connectivity index (χ1v) is 7.30. The van der Waals surface area contributed by atoms with Gasteiger partial charge in [0.25, 0.3) is 0 Å². The molecule has 19 heavy (non-hydrogen) atoms. The first kappa shape index (κ1) is 14.4. The number of piperazine rings is 1. The third-order valence-corrected chi connectivity index (χ3v) is 4.19. The minimum absolute atomic E-state index is 0.235. The molecule has 0 spiro atoms. The van der Waals surface area contributed by atoms with E-state index < -0.39 is 0 Å². The fourth-order valence-corrected chi connectivity index (χ4v) is 2.66. The zero-order valence-corrected chi connectivity index (χ0v) is 12.6. The molecule has 0 radical (unpaired) electrons. The zero-order valence-electron chi connectivity index (χ0n) is 11.7. The number of hydrogen-bond acceptors (Lipinski definition) is 3. The second kappa shape index (κ2) is 6.44. The predicted octanol–water partition coefficient (Wildman–Crippen LogP) is 2.07. The lowest BCUT2D eigenvalue weighted by atomic mass is 10.1. The van der Waals surface area contributed by atoms with E-state index in [9.17, 15) is 4.79 Å². The van der Waals surface area contributed by atoms with Crippen molar-refractivity contribution in [2.24, 2.45) is 0 Å². The van der Waals surface area contributed by atoms with E-state index in [4.69, 9.17) is 0 Å². The first-order valence-electron chi connectivity index (χ1n) is 6.86. The molecule has 1 saturated heterocycles. The van der Waals surface area contributed by atoms with Crippen LogP contribution >= 0.6 is 12.6 Å². The Morgan fingerprint density at radius 3 is 2.63 bits per heavy atom. The summed E-state index contributed by atoms with van der Waals surface area (Å²) < 4.78 is 0. The van der Waals surface area contributed by atoms with Gasteiger partial charge in [0.15, 0.2) is 0 Å². The number of carbonyl (C=O) groups excluding carboxylic acids is 1. The van der Waals surface area contributed by atoms with Gasteiger partial charge in [-0.05, 0) is 31.2 Å². The Morgan fingerprint density at radius 1 is 1.32 bits per heavy atom. The van der Waals surface area contributed by atoms with Gasteiger partial charge >= 0.3 is 0 Å². The van der Waals surface area contributed by atoms with Crippen molar-refractivity contribution in [1.29, 1.82) is 0 Å². The third kappa shape index (κ3) is 3.74. The fourth-order valence-electron chi connectivity index (χ4n) is 2.51. The van der Waals surface area contributed by atoms with Crippen LogP contribution in [0.25, 0.3) is 0 Å². The second-order valence-corrected chi connectivity index (χ2v) is 5.74. The Balaban J connectivity index is 1.94. The summed E-state index contributed by atoms with van der Waals surface area (Å²) >= 11 is 4.26. The van der Waals surface area contributed by atoms with Crippen molar-refractivity contribution >= 4 is 18.5 Å². The fraction of sp³-hybridized carbons (Fsp3) is 0.533. The topological polar surface area (TPSA) is 23.6 Å². The van der Waals surface area contributed by atoms with Gasteiger partial charge in [-0.3, -0.25) is 9.69 Å². The molecule has 1 heterocycles. The van der Waals surface area contributed by atoms with Gasteiger partial charge in [0, 0.05) is 30.6 Å². The lowest BCUT2D eigenvalue weighted by Gasteiger charge is -2.39. The van der Waals surface area contributed by atoms with Crippen LogP contribution in [0.4, 0.5) is 0 Å². The first-order chi connectivity index (χ1) is 9.10. The normalized spacial score (nSPS) is 20.6. The highest BCUT2D eigenvalue weighted by molar-refractivity contribution is 7.80. The predicted molar refractivity (Wildman–Crippen MR) is 80.7 cm³/mol. The van der Waals surface area contributed by atoms with Crippen LogP contribution in [-0.4, -0.2) is 48.4 Å². The minimum Gasteiger partial charge on any atom is -0.340 e. The van der Waals surface area contributed by atoms with E-state index in [1.165, 1.54) is 0 Å². The molecule has 0 N–H and O–H groups in total. The Kier molecular flexibility index (Phi) is 4.88. The smallest absolute Gasteiger partial charge is 0.227 e. The van der Waals surface area contributed by atoms with Crippen molar-refractivity contribution in [2.45, 2.75) is 30.7 Å². The number of likely N-dealkylation sites (N-methyl/N-ethyl adjacent to an activating group) is 1. The molecule has 1 fully saturated rings. The molecular weight excluding hydrogens is 256 g/mol. The van der Waals surface area contributed by atoms with E-state index >= 15 is 0 Å². The van der Waals surface area contributed by atoms with Gasteiger partial charge in [-0.2, -0.15) is 0 Å². The maximum atomic E-state index is 12.3. The molecule has 0 aromatic heterocycles. The third-order valence-electron chi connectivity index (χ3n) is 3.89. The summed E-state index contributed by atoms with van der Waals surface area (Å²) in [5, 5.41) is 0. The number of benzene rings is 1. The van der Waals surface area contributed by atoms with E-state index in [-0.39, 0.29) is 5.91 Å². The zero-order chi connectivity index (χ0) is 13.8. The maximum absolute atomic E-state index is 12.3. The quantitative estimate of drug-likeness (QED) is 0.856. The average Bonchev–Trinajstić information content (AvgIpc) is 2.42. The minimum atomic E-state index is 0.235. The summed E-state index contributed by atoms with van der Waals surface area (Å²) in [6.45, 7) is 4.85. The average molecular weight is 278 g/mol. The van der Waals surface area contributed by atoms with Crippen molar-refractivity contribution in [1.82, 2.24) is 9.80 Å². The highest BCUT2D eigenvalue weighted by Crippen LogP contribution is 2.13. The van der Waals surface area contributed by atoms with Crippen LogP contribution in [0.1, 0.15) is 18.9 Å². The largest absolute Gasteiger partial charge is 0.340 e. The van der Waals surface area contributed by atoms with Crippen molar-refractivity contribution < 1.29 is 4.79 Å². The Hall–Kier alpha value is -1.00. The standard InChI is InChI=1S/C15H22N2OS/c1-3-13-11-17(9-8-16(13)2)15(18)10-12-4-6-14(19)7-5-12/h4-7,13,19H,3,8-11H2,1-2H3. The van der Waals surface area contributed by atoms with Crippen LogP contribution in [0, 0.1) is 0 Å². The second-order valence-electron chi connectivity index (χ2n) is 5.23. The molecule has 1 aromatic carbocycles. The molecule has 0 saturated carbocycles. The number of rotatable bonds is 3. The monoisotopic (exact) mass is 278 g/mol. The Labute approximate surface area is 121 Å². The van der Waals surface area contributed by atoms with Gasteiger partial charge in [-0.25, -0.2) is 0 Å². The van der Waals surface area contributed by atoms with Crippen molar-refractivity contribution in [3.8, 4) is 0 Å². The van der Waals surface area contributed by atoms with Gasteiger partial charge in [-0.15, -0.1) is 12.6 Å². The number of amides is 1. The van der Waals surface area contributed by atoms with E-state index in [0.717, 1.165) is 36.5 Å². The Morgan fingerprint density at radius 2 is 2.00 bits per heavy atom. The van der Waals surface area contributed by atoms with Crippen LogP contribution in [0.3, 0.4) is 0 Å². The number of hydrogen-bond donors (Lipinski definition) is 1. The van der Waals surface area contributed by atoms with Gasteiger partial charge in [0.05, 0.1) is 6.42 Å². The molecule has 3 nitrogen and oxygen atoms in total. The van der Waals surface area contributed by atoms with Crippen LogP contribution < -0.4 is 0 Å². The summed E-state index contributed by atoms with van der Waals surface area (Å²) in [7, 11) is 2.14. The molecule has 104 valence electrons. The summed E-state index contributed by atoms with van der Waals surface area (Å²) in [5.41, 5.74) is 1.06. The van der Waals surface area contributed by atoms with Crippen molar-refractivity contribution in [2.75, 3.05) is 26.7 Å². The van der Waals surface area contributed by atoms with Gasteiger partial charge in [0.2, 0.25) is 5.91 Å². The summed E-state index contributed by atoms with van der Waals surface area (Å²) in [6, 6.07) is 8.33. The molecule has 1 amide bonds. The van der Waals surface area contributed by atoms with E-state index in [1.54, 1.807) is 0 Å². The molecule has 1 aliphatic heterocycles. The van der Waals surface area contributed by atoms with Crippen LogP contribution in [-0.2, 0) is 11.2 Å². The molecule has 0 aliphatic carbocycles. The van der Waals surface area contributed by atoms with Crippen LogP contribution in [0.15, 0.2) is 29.2 Å². The van der Waals surface area contributed by atoms with E-state index in [2.05, 4.69) is 31.5 Å². The SMILES string of the molecule is CCC1CN(C(=O)Cc2ccc(S)cc2)CCN1C. The molecule has 1 aliphatic rings. The molecule has 1 aromatic rings. The number of carbonyl (C=O) groups is 1. The molecule has 1 atom stereocenters. The Bertz CT molecular complexity index is 432. The van der Waals surface area contributed by atoms with Gasteiger partial charge in [0.1, 0.15) is 0 Å². The van der Waals surface area contributed by atoms with E-state index in [1.807, 2.05) is 29.2 Å².